The van der Waals surface area contributed by atoms with Gasteiger partial charge in [-0.15, -0.1) is 0 Å². The summed E-state index contributed by atoms with van der Waals surface area (Å²) in [5, 5.41) is 7.65. The number of ether oxygens (including phenoxy) is 1. The number of carbonyl (C=O) groups excluding carboxylic acids is 4. The van der Waals surface area contributed by atoms with Crippen LogP contribution < -0.4 is 16.4 Å². The molecule has 0 bridgehead atoms. The third-order valence-electron chi connectivity index (χ3n) is 7.24. The first-order chi connectivity index (χ1) is 21.4. The van der Waals surface area contributed by atoms with E-state index in [1.165, 1.54) is 4.90 Å². The number of anilines is 1. The van der Waals surface area contributed by atoms with Gasteiger partial charge in [-0.05, 0) is 73.7 Å². The van der Waals surface area contributed by atoms with Gasteiger partial charge in [0.2, 0.25) is 11.8 Å². The van der Waals surface area contributed by atoms with Crippen LogP contribution in [0.2, 0.25) is 0 Å². The predicted octanol–water partition coefficient (Wildman–Crippen LogP) is 6.73. The molecule has 0 fully saturated rings. The minimum Gasteiger partial charge on any atom is -0.444 e. The fourth-order valence-corrected chi connectivity index (χ4v) is 5.08. The summed E-state index contributed by atoms with van der Waals surface area (Å²) in [6.07, 6.45) is 4.11. The molecule has 0 heterocycles. The smallest absolute Gasteiger partial charge is 0.408 e. The summed E-state index contributed by atoms with van der Waals surface area (Å²) in [4.78, 5) is 54.8. The normalized spacial score (nSPS) is 12.5. The van der Waals surface area contributed by atoms with Crippen LogP contribution >= 0.6 is 0 Å². The number of fused-ring (bicyclic) bond motifs is 1. The summed E-state index contributed by atoms with van der Waals surface area (Å²) in [5.41, 5.74) is 6.58. The molecule has 4 amide bonds. The van der Waals surface area contributed by atoms with Crippen molar-refractivity contribution in [2.45, 2.75) is 83.9 Å². The second-order valence-corrected chi connectivity index (χ2v) is 12.1. The Kier molecular flexibility index (Phi) is 12.7. The summed E-state index contributed by atoms with van der Waals surface area (Å²) in [7, 11) is 0. The van der Waals surface area contributed by atoms with E-state index in [9.17, 15) is 19.2 Å². The lowest BCUT2D eigenvalue weighted by atomic mass is 9.98. The molecule has 2 unspecified atom stereocenters. The first-order valence-corrected chi connectivity index (χ1v) is 15.5. The van der Waals surface area contributed by atoms with Crippen molar-refractivity contribution >= 4 is 46.4 Å². The minimum atomic E-state index is -1.16. The van der Waals surface area contributed by atoms with Crippen LogP contribution in [0.5, 0.6) is 0 Å². The first-order valence-electron chi connectivity index (χ1n) is 15.5. The van der Waals surface area contributed by atoms with Gasteiger partial charge in [0.15, 0.2) is 0 Å². The Balaban J connectivity index is 2.07. The van der Waals surface area contributed by atoms with Gasteiger partial charge in [-0.1, -0.05) is 87.4 Å². The number of hydrogen-bond acceptors (Lipinski definition) is 5. The fraction of sp³-hybridized carbons (Fsp3) is 0.389. The van der Waals surface area contributed by atoms with E-state index in [1.807, 2.05) is 60.7 Å². The number of nitrogens with zero attached hydrogens (tertiary/aromatic N) is 1. The SMILES string of the molecule is C=Cc1cccc(C(C(=O)Nc2ccc3ccccc3c2)N(CCCCCC)C(=O)C(CCC(N)=O)NC(=O)OC(C)(C)C)c1. The van der Waals surface area contributed by atoms with Crippen molar-refractivity contribution in [1.29, 1.82) is 0 Å². The van der Waals surface area contributed by atoms with E-state index in [0.29, 0.717) is 17.7 Å². The van der Waals surface area contributed by atoms with Crippen LogP contribution in [0.25, 0.3) is 16.8 Å². The Morgan fingerprint density at radius 1 is 0.956 bits per heavy atom. The number of nitrogens with two attached hydrogens (primary N) is 1. The first kappa shape index (κ1) is 34.8. The molecule has 9 heteroatoms. The predicted molar refractivity (Wildman–Crippen MR) is 179 cm³/mol. The highest BCUT2D eigenvalue weighted by molar-refractivity contribution is 6.00. The molecule has 3 aromatic rings. The van der Waals surface area contributed by atoms with E-state index in [1.54, 1.807) is 32.9 Å². The Hall–Kier alpha value is -4.66. The number of alkyl carbamates (subject to hydrolysis) is 1. The van der Waals surface area contributed by atoms with Gasteiger partial charge in [0.1, 0.15) is 17.7 Å². The molecule has 240 valence electrons. The molecule has 0 saturated carbocycles. The molecule has 0 spiro atoms. The Labute approximate surface area is 266 Å². The van der Waals surface area contributed by atoms with E-state index in [-0.39, 0.29) is 19.4 Å². The summed E-state index contributed by atoms with van der Waals surface area (Å²) >= 11 is 0. The van der Waals surface area contributed by atoms with Gasteiger partial charge < -0.3 is 26.0 Å². The molecule has 3 rings (SSSR count). The zero-order valence-electron chi connectivity index (χ0n) is 26.8. The molecule has 0 aliphatic carbocycles. The maximum Gasteiger partial charge on any atom is 0.408 e. The van der Waals surface area contributed by atoms with Crippen LogP contribution in [0.1, 0.15) is 83.4 Å². The second-order valence-electron chi connectivity index (χ2n) is 12.1. The Bertz CT molecular complexity index is 1500. The molecule has 0 aliphatic rings. The minimum absolute atomic E-state index is 0.0510. The van der Waals surface area contributed by atoms with Crippen LogP contribution in [0.3, 0.4) is 0 Å². The molecule has 0 saturated heterocycles. The van der Waals surface area contributed by atoms with Crippen LogP contribution in [-0.4, -0.2) is 46.9 Å². The van der Waals surface area contributed by atoms with E-state index in [4.69, 9.17) is 10.5 Å². The van der Waals surface area contributed by atoms with Crippen LogP contribution in [-0.2, 0) is 19.1 Å². The fourth-order valence-electron chi connectivity index (χ4n) is 5.08. The molecule has 2 atom stereocenters. The maximum absolute atomic E-state index is 14.4. The molecule has 45 heavy (non-hydrogen) atoms. The summed E-state index contributed by atoms with van der Waals surface area (Å²) in [5.74, 6) is -1.54. The second kappa shape index (κ2) is 16.4. The van der Waals surface area contributed by atoms with Crippen molar-refractivity contribution in [3.05, 3.63) is 84.4 Å². The van der Waals surface area contributed by atoms with Crippen molar-refractivity contribution in [3.8, 4) is 0 Å². The van der Waals surface area contributed by atoms with Crippen LogP contribution in [0.4, 0.5) is 10.5 Å². The summed E-state index contributed by atoms with van der Waals surface area (Å²) in [6, 6.07) is 18.6. The van der Waals surface area contributed by atoms with Crippen molar-refractivity contribution in [2.75, 3.05) is 11.9 Å². The highest BCUT2D eigenvalue weighted by Gasteiger charge is 2.36. The van der Waals surface area contributed by atoms with Crippen molar-refractivity contribution in [2.24, 2.45) is 5.73 Å². The van der Waals surface area contributed by atoms with Gasteiger partial charge in [-0.25, -0.2) is 4.79 Å². The van der Waals surface area contributed by atoms with E-state index in [2.05, 4.69) is 24.1 Å². The molecule has 0 radical (unpaired) electrons. The van der Waals surface area contributed by atoms with Crippen LogP contribution in [0, 0.1) is 0 Å². The van der Waals surface area contributed by atoms with Gasteiger partial charge in [0.25, 0.3) is 5.91 Å². The third-order valence-corrected chi connectivity index (χ3v) is 7.24. The standard InChI is InChI=1S/C36H46N4O5/c1-6-8-9-12-22-40(34(43)30(20-21-31(37)41)39-35(44)45-36(3,4)5)32(28-17-13-14-25(7-2)23-28)33(42)38-29-19-18-26-15-10-11-16-27(26)24-29/h7,10-11,13-19,23-24,30,32H,2,6,8-9,12,20-22H2,1,3-5H3,(H2,37,41)(H,38,42)(H,39,44). The van der Waals surface area contributed by atoms with Crippen molar-refractivity contribution in [1.82, 2.24) is 10.2 Å². The number of hydrogen-bond donors (Lipinski definition) is 3. The number of amides is 4. The number of unbranched alkanes of at least 4 members (excludes halogenated alkanes) is 3. The Morgan fingerprint density at radius 3 is 2.36 bits per heavy atom. The molecule has 0 aliphatic heterocycles. The van der Waals surface area contributed by atoms with Gasteiger partial charge in [-0.3, -0.25) is 14.4 Å². The highest BCUT2D eigenvalue weighted by atomic mass is 16.6. The van der Waals surface area contributed by atoms with Crippen molar-refractivity contribution in [3.63, 3.8) is 0 Å². The molecule has 3 aromatic carbocycles. The topological polar surface area (TPSA) is 131 Å². The third kappa shape index (κ3) is 10.8. The van der Waals surface area contributed by atoms with Gasteiger partial charge in [-0.2, -0.15) is 0 Å². The molecular weight excluding hydrogens is 568 g/mol. The monoisotopic (exact) mass is 614 g/mol. The molecular formula is C36H46N4O5. The lowest BCUT2D eigenvalue weighted by molar-refractivity contribution is -0.141. The maximum atomic E-state index is 14.4. The van der Waals surface area contributed by atoms with E-state index < -0.39 is 41.5 Å². The summed E-state index contributed by atoms with van der Waals surface area (Å²) in [6.45, 7) is 11.3. The quantitative estimate of drug-likeness (QED) is 0.163. The summed E-state index contributed by atoms with van der Waals surface area (Å²) < 4.78 is 5.43. The van der Waals surface area contributed by atoms with E-state index in [0.717, 1.165) is 35.6 Å². The number of benzene rings is 3. The average Bonchev–Trinajstić information content (AvgIpc) is 2.99. The highest BCUT2D eigenvalue weighted by Crippen LogP contribution is 2.28. The number of nitrogens with one attached hydrogen (secondary N) is 2. The largest absolute Gasteiger partial charge is 0.444 e. The lowest BCUT2D eigenvalue weighted by Gasteiger charge is -2.34. The average molecular weight is 615 g/mol. The van der Waals surface area contributed by atoms with Gasteiger partial charge in [0, 0.05) is 18.7 Å². The Morgan fingerprint density at radius 2 is 1.69 bits per heavy atom. The number of carbonyl (C=O) groups is 4. The zero-order valence-corrected chi connectivity index (χ0v) is 26.8. The molecule has 4 N–H and O–H groups in total. The lowest BCUT2D eigenvalue weighted by Crippen LogP contribution is -2.52. The van der Waals surface area contributed by atoms with E-state index >= 15 is 0 Å². The van der Waals surface area contributed by atoms with Gasteiger partial charge in [0.05, 0.1) is 0 Å². The van der Waals surface area contributed by atoms with Gasteiger partial charge >= 0.3 is 6.09 Å². The number of primary amides is 1. The number of rotatable bonds is 15. The van der Waals surface area contributed by atoms with Crippen molar-refractivity contribution < 1.29 is 23.9 Å². The molecule has 9 nitrogen and oxygen atoms in total. The van der Waals surface area contributed by atoms with Crippen LogP contribution in [0.15, 0.2) is 73.3 Å². The zero-order chi connectivity index (χ0) is 33.0. The molecule has 0 aromatic heterocycles.